The first-order chi connectivity index (χ1) is 21.1. The topological polar surface area (TPSA) is 162 Å². The number of hydrogen-bond donors (Lipinski definition) is 4. The van der Waals surface area contributed by atoms with Crippen LogP contribution in [0, 0.1) is 5.21 Å². The van der Waals surface area contributed by atoms with Crippen LogP contribution in [0.15, 0.2) is 66.7 Å². The lowest BCUT2D eigenvalue weighted by atomic mass is 9.84. The van der Waals surface area contributed by atoms with Crippen LogP contribution >= 0.6 is 0 Å². The summed E-state index contributed by atoms with van der Waals surface area (Å²) in [4.78, 5) is 27.4. The van der Waals surface area contributed by atoms with Crippen molar-refractivity contribution in [3.05, 3.63) is 94.2 Å². The first kappa shape index (κ1) is 30.4. The summed E-state index contributed by atoms with van der Waals surface area (Å²) in [6.45, 7) is 0.0105. The Balaban J connectivity index is 1.39. The summed E-state index contributed by atoms with van der Waals surface area (Å²) in [5.41, 5.74) is -0.0778. The van der Waals surface area contributed by atoms with Gasteiger partial charge in [-0.05, 0) is 77.6 Å². The first-order valence-electron chi connectivity index (χ1n) is 13.8. The molecule has 3 amide bonds. The predicted molar refractivity (Wildman–Crippen MR) is 155 cm³/mol. The highest BCUT2D eigenvalue weighted by Crippen LogP contribution is 2.38. The molecule has 1 aromatic heterocycles. The van der Waals surface area contributed by atoms with E-state index < -0.39 is 34.6 Å². The number of carbonyl (C=O) groups is 2. The van der Waals surface area contributed by atoms with Gasteiger partial charge in [-0.25, -0.2) is 4.79 Å². The zero-order valence-corrected chi connectivity index (χ0v) is 23.2. The number of rotatable bonds is 8. The third kappa shape index (κ3) is 7.30. The number of nitrogens with zero attached hydrogens (tertiary/aromatic N) is 5. The van der Waals surface area contributed by atoms with Crippen molar-refractivity contribution in [2.75, 3.05) is 20.8 Å². The highest BCUT2D eigenvalue weighted by molar-refractivity contribution is 6.03. The third-order valence-electron chi connectivity index (χ3n) is 7.41. The van der Waals surface area contributed by atoms with Crippen molar-refractivity contribution in [3.8, 4) is 0 Å². The summed E-state index contributed by atoms with van der Waals surface area (Å²) in [6, 6.07) is 15.6. The largest absolute Gasteiger partial charge is 0.733 e. The monoisotopic (exact) mass is 609 g/mol. The van der Waals surface area contributed by atoms with Crippen LogP contribution in [-0.4, -0.2) is 37.8 Å². The van der Waals surface area contributed by atoms with E-state index in [4.69, 9.17) is 5.21 Å². The first-order valence-corrected chi connectivity index (χ1v) is 13.8. The molecule has 15 heteroatoms. The number of urea groups is 1. The maximum Gasteiger partial charge on any atom is 0.418 e. The molecule has 0 saturated heterocycles. The number of halogens is 3. The number of aromatic amines is 1. The molecule has 1 aliphatic rings. The van der Waals surface area contributed by atoms with Gasteiger partial charge in [0.15, 0.2) is 0 Å². The van der Waals surface area contributed by atoms with Crippen LogP contribution in [0.4, 0.5) is 41.0 Å². The van der Waals surface area contributed by atoms with Crippen LogP contribution in [0.3, 0.4) is 0 Å². The summed E-state index contributed by atoms with van der Waals surface area (Å²) in [5, 5.41) is 37.4. The van der Waals surface area contributed by atoms with Gasteiger partial charge in [-0.1, -0.05) is 48.6 Å². The lowest BCUT2D eigenvalue weighted by Crippen LogP contribution is -2.34. The van der Waals surface area contributed by atoms with E-state index in [-0.39, 0.29) is 18.2 Å². The summed E-state index contributed by atoms with van der Waals surface area (Å²) < 4.78 is 40.8. The van der Waals surface area contributed by atoms with E-state index >= 15 is 0 Å². The van der Waals surface area contributed by atoms with Crippen molar-refractivity contribution in [1.82, 2.24) is 20.6 Å². The van der Waals surface area contributed by atoms with E-state index in [0.29, 0.717) is 28.8 Å². The van der Waals surface area contributed by atoms with Crippen molar-refractivity contribution in [3.63, 3.8) is 0 Å². The van der Waals surface area contributed by atoms with Crippen LogP contribution in [0.25, 0.3) is 0 Å². The van der Waals surface area contributed by atoms with Gasteiger partial charge in [0.05, 0.1) is 17.8 Å². The zero-order valence-electron chi connectivity index (χ0n) is 23.2. The quantitative estimate of drug-likeness (QED) is 0.166. The highest BCUT2D eigenvalue weighted by Gasteiger charge is 2.34. The normalized spacial score (nSPS) is 13.8. The third-order valence-corrected chi connectivity index (χ3v) is 7.41. The van der Waals surface area contributed by atoms with Gasteiger partial charge < -0.3 is 15.8 Å². The standard InChI is InChI=1S/C29H28F3N8O4/c30-29(31,32)24-16-22(12-15-25(24)40(43)44)33-28(42)39(23-13-10-20(11-14-23)19-4-2-1-3-5-19)17-18-6-8-21(9-7-18)26(41)34-27-35-37-38-36-27/h6-16,19,43H,1-5,17H2,(H,33,42)(H2,34,35,36,37,38,41)/q-1. The number of aromatic nitrogens is 4. The van der Waals surface area contributed by atoms with Crippen molar-refractivity contribution in [2.45, 2.75) is 50.7 Å². The molecule has 0 unspecified atom stereocenters. The van der Waals surface area contributed by atoms with Crippen LogP contribution < -0.4 is 20.8 Å². The van der Waals surface area contributed by atoms with Gasteiger partial charge in [0.2, 0.25) is 0 Å². The molecule has 1 fully saturated rings. The number of nitrogens with one attached hydrogen (secondary N) is 3. The Bertz CT molecular complexity index is 1570. The Morgan fingerprint density at radius 2 is 1.68 bits per heavy atom. The molecule has 3 aromatic carbocycles. The molecule has 12 nitrogen and oxygen atoms in total. The average Bonchev–Trinajstić information content (AvgIpc) is 3.53. The number of hydrogen-bond acceptors (Lipinski definition) is 8. The van der Waals surface area contributed by atoms with E-state index in [1.807, 2.05) is 12.1 Å². The minimum atomic E-state index is -4.96. The van der Waals surface area contributed by atoms with Crippen LogP contribution in [0.5, 0.6) is 0 Å². The molecular weight excluding hydrogens is 581 g/mol. The molecule has 1 heterocycles. The summed E-state index contributed by atoms with van der Waals surface area (Å²) in [6.07, 6.45) is 0.729. The van der Waals surface area contributed by atoms with E-state index in [1.54, 1.807) is 36.4 Å². The number of H-pyrrole nitrogens is 1. The fourth-order valence-corrected chi connectivity index (χ4v) is 5.17. The molecule has 0 radical (unpaired) electrons. The van der Waals surface area contributed by atoms with Crippen LogP contribution in [0.2, 0.25) is 0 Å². The van der Waals surface area contributed by atoms with Crippen LogP contribution in [-0.2, 0) is 12.7 Å². The number of tetrazole rings is 1. The Morgan fingerprint density at radius 1 is 0.977 bits per heavy atom. The second-order valence-corrected chi connectivity index (χ2v) is 10.3. The molecule has 0 aliphatic heterocycles. The average molecular weight is 610 g/mol. The molecule has 1 saturated carbocycles. The number of amides is 3. The minimum absolute atomic E-state index is 0.00209. The second-order valence-electron chi connectivity index (χ2n) is 10.3. The molecule has 44 heavy (non-hydrogen) atoms. The maximum atomic E-state index is 13.6. The van der Waals surface area contributed by atoms with Gasteiger partial charge in [0, 0.05) is 16.9 Å². The minimum Gasteiger partial charge on any atom is -0.733 e. The SMILES string of the molecule is O=C(Nc1nn[nH]n1)c1ccc(CN(C(=O)Nc2ccc(N([O-])O)c(C(F)(F)F)c2)c2ccc(C3CCCCC3)cc2)cc1. The highest BCUT2D eigenvalue weighted by atomic mass is 19.4. The number of benzene rings is 3. The zero-order chi connectivity index (χ0) is 31.3. The number of carbonyl (C=O) groups excluding carboxylic acids is 2. The lowest BCUT2D eigenvalue weighted by Gasteiger charge is -2.27. The molecule has 4 aromatic rings. The predicted octanol–water partition coefficient (Wildman–Crippen LogP) is 6.45. The molecule has 0 spiro atoms. The van der Waals surface area contributed by atoms with E-state index in [2.05, 4.69) is 31.3 Å². The van der Waals surface area contributed by atoms with Crippen molar-refractivity contribution < 1.29 is 28.0 Å². The molecular formula is C29H28F3N8O4-. The smallest absolute Gasteiger partial charge is 0.418 e. The fourth-order valence-electron chi connectivity index (χ4n) is 5.17. The van der Waals surface area contributed by atoms with E-state index in [9.17, 15) is 28.0 Å². The molecule has 0 bridgehead atoms. The Kier molecular flexibility index (Phi) is 9.06. The second kappa shape index (κ2) is 13.1. The molecule has 0 atom stereocenters. The van der Waals surface area contributed by atoms with Crippen molar-refractivity contribution in [1.29, 1.82) is 0 Å². The summed E-state index contributed by atoms with van der Waals surface area (Å²) in [5.74, 6) is -0.0471. The Labute approximate surface area is 249 Å². The van der Waals surface area contributed by atoms with Gasteiger partial charge in [-0.2, -0.15) is 18.4 Å². The van der Waals surface area contributed by atoms with Gasteiger partial charge >= 0.3 is 12.2 Å². The Hall–Kier alpha value is -5.02. The fraction of sp³-hybridized carbons (Fsp3) is 0.276. The number of anilines is 4. The molecule has 230 valence electrons. The molecule has 1 aliphatic carbocycles. The van der Waals surface area contributed by atoms with Gasteiger partial charge in [0.25, 0.3) is 11.9 Å². The number of alkyl halides is 3. The lowest BCUT2D eigenvalue weighted by molar-refractivity contribution is -0.137. The summed E-state index contributed by atoms with van der Waals surface area (Å²) >= 11 is 0. The molecule has 5 rings (SSSR count). The molecule has 4 N–H and O–H groups in total. The van der Waals surface area contributed by atoms with Gasteiger partial charge in [-0.3, -0.25) is 20.2 Å². The van der Waals surface area contributed by atoms with Gasteiger partial charge in [0.1, 0.15) is 0 Å². The van der Waals surface area contributed by atoms with Crippen molar-refractivity contribution >= 4 is 34.9 Å². The summed E-state index contributed by atoms with van der Waals surface area (Å²) in [7, 11) is 0. The van der Waals surface area contributed by atoms with Crippen molar-refractivity contribution in [2.24, 2.45) is 0 Å². The van der Waals surface area contributed by atoms with Gasteiger partial charge in [-0.15, -0.1) is 5.10 Å². The van der Waals surface area contributed by atoms with Crippen LogP contribution in [0.1, 0.15) is 65.1 Å². The maximum absolute atomic E-state index is 13.6. The Morgan fingerprint density at radius 3 is 2.30 bits per heavy atom. The van der Waals surface area contributed by atoms with E-state index in [1.165, 1.54) is 11.3 Å². The van der Waals surface area contributed by atoms with E-state index in [0.717, 1.165) is 43.4 Å².